The molecule has 0 saturated heterocycles. The number of esters is 1. The molecule has 0 aromatic carbocycles. The van der Waals surface area contributed by atoms with Crippen LogP contribution in [0.2, 0.25) is 18.1 Å². The first-order chi connectivity index (χ1) is 8.20. The van der Waals surface area contributed by atoms with E-state index in [0.717, 1.165) is 0 Å². The van der Waals surface area contributed by atoms with Gasteiger partial charge in [-0.15, -0.1) is 0 Å². The number of hydrogen-bond acceptors (Lipinski definition) is 4. The molecule has 5 heteroatoms. The molecule has 0 bridgehead atoms. The largest absolute Gasteiger partial charge is 0.466 e. The molecule has 0 saturated carbocycles. The first-order valence-electron chi connectivity index (χ1n) is 6.58. The fourth-order valence-corrected chi connectivity index (χ4v) is 2.09. The van der Waals surface area contributed by atoms with Crippen LogP contribution in [0.1, 0.15) is 34.1 Å². The minimum Gasteiger partial charge on any atom is -0.466 e. The molecule has 0 unspecified atom stereocenters. The Bertz CT molecular complexity index is 246. The van der Waals surface area contributed by atoms with Gasteiger partial charge in [-0.25, -0.2) is 0 Å². The maximum Gasteiger partial charge on any atom is 0.308 e. The third-order valence-corrected chi connectivity index (χ3v) is 7.79. The fourth-order valence-electron chi connectivity index (χ4n) is 1.06. The Hall–Kier alpha value is -0.393. The summed E-state index contributed by atoms with van der Waals surface area (Å²) < 4.78 is 16.1. The van der Waals surface area contributed by atoms with Crippen molar-refractivity contribution < 1.29 is 18.7 Å². The van der Waals surface area contributed by atoms with Crippen molar-refractivity contribution in [1.82, 2.24) is 0 Å². The van der Waals surface area contributed by atoms with Crippen molar-refractivity contribution in [3.05, 3.63) is 0 Å². The van der Waals surface area contributed by atoms with Gasteiger partial charge in [-0.1, -0.05) is 20.8 Å². The smallest absolute Gasteiger partial charge is 0.308 e. The Kier molecular flexibility index (Phi) is 7.74. The van der Waals surface area contributed by atoms with Crippen molar-refractivity contribution in [2.24, 2.45) is 0 Å². The first kappa shape index (κ1) is 17.6. The highest BCUT2D eigenvalue weighted by molar-refractivity contribution is 6.74. The lowest BCUT2D eigenvalue weighted by Gasteiger charge is -2.36. The van der Waals surface area contributed by atoms with E-state index in [1.165, 1.54) is 0 Å². The highest BCUT2D eigenvalue weighted by Crippen LogP contribution is 2.36. The van der Waals surface area contributed by atoms with Crippen LogP contribution in [0.15, 0.2) is 0 Å². The molecule has 4 nitrogen and oxygen atoms in total. The van der Waals surface area contributed by atoms with E-state index in [9.17, 15) is 4.79 Å². The molecule has 0 radical (unpaired) electrons. The normalized spacial score (nSPS) is 12.6. The quantitative estimate of drug-likeness (QED) is 0.388. The third kappa shape index (κ3) is 7.13. The summed E-state index contributed by atoms with van der Waals surface area (Å²) in [6, 6.07) is 0. The van der Waals surface area contributed by atoms with Crippen LogP contribution < -0.4 is 0 Å². The van der Waals surface area contributed by atoms with Crippen molar-refractivity contribution in [2.45, 2.75) is 52.2 Å². The predicted molar refractivity (Wildman–Crippen MR) is 75.2 cm³/mol. The number of hydrogen-bond donors (Lipinski definition) is 0. The average Bonchev–Trinajstić information content (AvgIpc) is 2.21. The highest BCUT2D eigenvalue weighted by atomic mass is 28.4. The van der Waals surface area contributed by atoms with Crippen LogP contribution in [0.5, 0.6) is 0 Å². The molecule has 108 valence electrons. The Labute approximate surface area is 112 Å². The molecule has 0 aromatic heterocycles. The van der Waals surface area contributed by atoms with Crippen LogP contribution in [0.3, 0.4) is 0 Å². The zero-order valence-electron chi connectivity index (χ0n) is 12.7. The maximum atomic E-state index is 11.0. The Balaban J connectivity index is 3.60. The summed E-state index contributed by atoms with van der Waals surface area (Å²) in [6.45, 7) is 14.8. The monoisotopic (exact) mass is 276 g/mol. The standard InChI is InChI=1S/C13H28O4Si/c1-7-16-12(14)8-9-15-10-11-17-18(5,6)13(2,3)4/h7-11H2,1-6H3. The van der Waals surface area contributed by atoms with Crippen LogP contribution in [-0.4, -0.2) is 40.7 Å². The van der Waals surface area contributed by atoms with Gasteiger partial charge in [0.25, 0.3) is 0 Å². The second-order valence-corrected chi connectivity index (χ2v) is 10.6. The molecule has 0 spiro atoms. The molecule has 0 atom stereocenters. The van der Waals surface area contributed by atoms with Crippen molar-refractivity contribution in [1.29, 1.82) is 0 Å². The summed E-state index contributed by atoms with van der Waals surface area (Å²) in [5, 5.41) is 0.220. The van der Waals surface area contributed by atoms with Gasteiger partial charge in [0.1, 0.15) is 0 Å². The summed E-state index contributed by atoms with van der Waals surface area (Å²) in [7, 11) is -1.67. The second kappa shape index (κ2) is 7.91. The van der Waals surface area contributed by atoms with Crippen molar-refractivity contribution in [2.75, 3.05) is 26.4 Å². The van der Waals surface area contributed by atoms with Crippen LogP contribution in [0, 0.1) is 0 Å². The summed E-state index contributed by atoms with van der Waals surface area (Å²) >= 11 is 0. The molecule has 0 rings (SSSR count). The van der Waals surface area contributed by atoms with Crippen LogP contribution in [-0.2, 0) is 18.7 Å². The lowest BCUT2D eigenvalue weighted by Crippen LogP contribution is -2.41. The second-order valence-electron chi connectivity index (χ2n) is 5.78. The van der Waals surface area contributed by atoms with Crippen molar-refractivity contribution >= 4 is 14.3 Å². The summed E-state index contributed by atoms with van der Waals surface area (Å²) in [5.41, 5.74) is 0. The number of rotatable bonds is 8. The van der Waals surface area contributed by atoms with Gasteiger partial charge in [-0.2, -0.15) is 0 Å². The number of carbonyl (C=O) groups is 1. The van der Waals surface area contributed by atoms with E-state index in [-0.39, 0.29) is 11.0 Å². The zero-order chi connectivity index (χ0) is 14.2. The van der Waals surface area contributed by atoms with Crippen LogP contribution in [0.25, 0.3) is 0 Å². The SMILES string of the molecule is CCOC(=O)CCOCCO[Si](C)(C)C(C)(C)C. The molecule has 0 aliphatic carbocycles. The Morgan fingerprint density at radius 2 is 1.72 bits per heavy atom. The molecule has 18 heavy (non-hydrogen) atoms. The molecule has 0 aromatic rings. The van der Waals surface area contributed by atoms with Gasteiger partial charge in [0.2, 0.25) is 0 Å². The van der Waals surface area contributed by atoms with E-state index in [2.05, 4.69) is 33.9 Å². The van der Waals surface area contributed by atoms with Crippen LogP contribution >= 0.6 is 0 Å². The summed E-state index contributed by atoms with van der Waals surface area (Å²) in [4.78, 5) is 11.0. The molecule has 0 heterocycles. The van der Waals surface area contributed by atoms with Gasteiger partial charge in [0.15, 0.2) is 8.32 Å². The zero-order valence-corrected chi connectivity index (χ0v) is 13.7. The molecule has 0 fully saturated rings. The topological polar surface area (TPSA) is 44.8 Å². The van der Waals surface area contributed by atoms with E-state index in [1.807, 2.05) is 0 Å². The highest BCUT2D eigenvalue weighted by Gasteiger charge is 2.36. The van der Waals surface area contributed by atoms with E-state index in [1.54, 1.807) is 6.92 Å². The van der Waals surface area contributed by atoms with Gasteiger partial charge in [0, 0.05) is 0 Å². The van der Waals surface area contributed by atoms with Crippen LogP contribution in [0.4, 0.5) is 0 Å². The van der Waals surface area contributed by atoms with Gasteiger partial charge in [-0.05, 0) is 25.1 Å². The van der Waals surface area contributed by atoms with Crippen molar-refractivity contribution in [3.8, 4) is 0 Å². The van der Waals surface area contributed by atoms with Gasteiger partial charge >= 0.3 is 5.97 Å². The van der Waals surface area contributed by atoms with E-state index in [0.29, 0.717) is 32.8 Å². The predicted octanol–water partition coefficient (Wildman–Crippen LogP) is 2.98. The average molecular weight is 276 g/mol. The molecular formula is C13H28O4Si. The number of carbonyl (C=O) groups excluding carboxylic acids is 1. The lowest BCUT2D eigenvalue weighted by atomic mass is 10.2. The Morgan fingerprint density at radius 1 is 1.11 bits per heavy atom. The molecule has 0 N–H and O–H groups in total. The van der Waals surface area contributed by atoms with E-state index in [4.69, 9.17) is 13.9 Å². The lowest BCUT2D eigenvalue weighted by molar-refractivity contribution is -0.144. The summed E-state index contributed by atoms with van der Waals surface area (Å²) in [6.07, 6.45) is 0.313. The fraction of sp³-hybridized carbons (Fsp3) is 0.923. The minimum absolute atomic E-state index is 0.206. The summed E-state index contributed by atoms with van der Waals surface area (Å²) in [5.74, 6) is -0.206. The number of ether oxygens (including phenoxy) is 2. The minimum atomic E-state index is -1.67. The third-order valence-electron chi connectivity index (χ3n) is 3.25. The molecule has 0 aliphatic rings. The van der Waals surface area contributed by atoms with Crippen molar-refractivity contribution in [3.63, 3.8) is 0 Å². The van der Waals surface area contributed by atoms with E-state index >= 15 is 0 Å². The Morgan fingerprint density at radius 3 is 2.22 bits per heavy atom. The maximum absolute atomic E-state index is 11.0. The van der Waals surface area contributed by atoms with Gasteiger partial charge in [-0.3, -0.25) is 4.79 Å². The van der Waals surface area contributed by atoms with Gasteiger partial charge in [0.05, 0.1) is 32.8 Å². The first-order valence-corrected chi connectivity index (χ1v) is 9.49. The molecular weight excluding hydrogens is 248 g/mol. The molecule has 0 amide bonds. The molecule has 0 aliphatic heterocycles. The van der Waals surface area contributed by atoms with E-state index < -0.39 is 8.32 Å². The van der Waals surface area contributed by atoms with Gasteiger partial charge < -0.3 is 13.9 Å².